The largest absolute Gasteiger partial charge is 0.364 e. The van der Waals surface area contributed by atoms with Crippen LogP contribution in [-0.2, 0) is 16.4 Å². The van der Waals surface area contributed by atoms with E-state index in [0.29, 0.717) is 5.56 Å². The zero-order valence-corrected chi connectivity index (χ0v) is 8.04. The second-order valence-corrected chi connectivity index (χ2v) is 4.39. The Morgan fingerprint density at radius 2 is 1.86 bits per heavy atom. The second-order valence-electron chi connectivity index (χ2n) is 2.83. The number of halogens is 1. The first kappa shape index (κ1) is 11.1. The van der Waals surface area contributed by atoms with Crippen LogP contribution < -0.4 is 5.14 Å². The Morgan fingerprint density at radius 1 is 1.36 bits per heavy atom. The fourth-order valence-corrected chi connectivity index (χ4v) is 1.53. The minimum absolute atomic E-state index is 0.0328. The Labute approximate surface area is 81.2 Å². The highest BCUT2D eigenvalue weighted by molar-refractivity contribution is 7.89. The van der Waals surface area contributed by atoms with Crippen LogP contribution in [0, 0.1) is 0 Å². The number of nitrogens with two attached hydrogens (primary N) is 1. The van der Waals surface area contributed by atoms with Crippen molar-refractivity contribution in [3.8, 4) is 0 Å². The van der Waals surface area contributed by atoms with Gasteiger partial charge in [-0.25, -0.2) is 17.9 Å². The Kier molecular flexibility index (Phi) is 3.20. The average molecular weight is 219 g/mol. The molecule has 0 amide bonds. The molecule has 0 aliphatic rings. The highest BCUT2D eigenvalue weighted by atomic mass is 32.2. The molecular weight excluding hydrogens is 209 g/mol. The number of aliphatic hydroxyl groups excluding tert-OH is 1. The Morgan fingerprint density at radius 3 is 2.21 bits per heavy atom. The normalized spacial score (nSPS) is 13.9. The number of aliphatic hydroxyl groups is 1. The summed E-state index contributed by atoms with van der Waals surface area (Å²) in [6.45, 7) is 0. The van der Waals surface area contributed by atoms with Gasteiger partial charge in [-0.2, -0.15) is 0 Å². The van der Waals surface area contributed by atoms with Crippen LogP contribution in [-0.4, -0.2) is 19.9 Å². The molecular formula is C8H10FNO3S. The maximum absolute atomic E-state index is 12.1. The highest BCUT2D eigenvalue weighted by Crippen LogP contribution is 2.10. The molecule has 0 radical (unpaired) electrons. The van der Waals surface area contributed by atoms with Crippen molar-refractivity contribution in [2.45, 2.75) is 17.7 Å². The molecule has 0 aliphatic carbocycles. The number of hydrogen-bond acceptors (Lipinski definition) is 3. The summed E-state index contributed by atoms with van der Waals surface area (Å²) in [5.41, 5.74) is 0.507. The van der Waals surface area contributed by atoms with Crippen LogP contribution in [0.25, 0.3) is 0 Å². The van der Waals surface area contributed by atoms with Crippen LogP contribution in [0.5, 0.6) is 0 Å². The molecule has 1 atom stereocenters. The molecule has 3 N–H and O–H groups in total. The summed E-state index contributed by atoms with van der Waals surface area (Å²) < 4.78 is 33.8. The molecule has 0 fully saturated rings. The molecule has 1 aromatic carbocycles. The average Bonchev–Trinajstić information content (AvgIpc) is 2.02. The zero-order valence-electron chi connectivity index (χ0n) is 7.22. The molecule has 0 aromatic heterocycles. The minimum Gasteiger partial charge on any atom is -0.364 e. The van der Waals surface area contributed by atoms with Crippen LogP contribution in [0.4, 0.5) is 4.39 Å². The Balaban J connectivity index is 2.90. The van der Waals surface area contributed by atoms with Gasteiger partial charge in [0.1, 0.15) is 0 Å². The maximum atomic E-state index is 12.1. The summed E-state index contributed by atoms with van der Waals surface area (Å²) >= 11 is 0. The molecule has 4 nitrogen and oxygen atoms in total. The lowest BCUT2D eigenvalue weighted by Crippen LogP contribution is -2.12. The van der Waals surface area contributed by atoms with Gasteiger partial charge in [0.25, 0.3) is 0 Å². The highest BCUT2D eigenvalue weighted by Gasteiger charge is 2.08. The monoisotopic (exact) mass is 219 g/mol. The molecule has 0 saturated heterocycles. The topological polar surface area (TPSA) is 80.4 Å². The molecule has 0 saturated carbocycles. The van der Waals surface area contributed by atoms with Gasteiger partial charge < -0.3 is 5.11 Å². The Hall–Kier alpha value is -0.980. The summed E-state index contributed by atoms with van der Waals surface area (Å²) in [4.78, 5) is -0.0328. The van der Waals surface area contributed by atoms with Gasteiger partial charge in [-0.05, 0) is 17.7 Å². The summed E-state index contributed by atoms with van der Waals surface area (Å²) in [6, 6.07) is 5.35. The predicted octanol–water partition coefficient (Wildman–Crippen LogP) is 0.164. The van der Waals surface area contributed by atoms with Gasteiger partial charge in [0.15, 0.2) is 6.36 Å². The first-order valence-electron chi connectivity index (χ1n) is 3.83. The van der Waals surface area contributed by atoms with Gasteiger partial charge >= 0.3 is 0 Å². The van der Waals surface area contributed by atoms with Crippen molar-refractivity contribution in [2.75, 3.05) is 0 Å². The second kappa shape index (κ2) is 4.04. The first-order chi connectivity index (χ1) is 6.39. The van der Waals surface area contributed by atoms with Gasteiger partial charge in [-0.1, -0.05) is 12.1 Å². The predicted molar refractivity (Wildman–Crippen MR) is 48.6 cm³/mol. The molecule has 78 valence electrons. The molecule has 0 spiro atoms. The lowest BCUT2D eigenvalue weighted by molar-refractivity contribution is 0.0430. The molecule has 0 aliphatic heterocycles. The van der Waals surface area contributed by atoms with E-state index in [0.717, 1.165) is 0 Å². The third-order valence-electron chi connectivity index (χ3n) is 1.66. The van der Waals surface area contributed by atoms with Crippen molar-refractivity contribution in [1.29, 1.82) is 0 Å². The van der Waals surface area contributed by atoms with Crippen LogP contribution >= 0.6 is 0 Å². The van der Waals surface area contributed by atoms with Crippen LogP contribution in [0.3, 0.4) is 0 Å². The zero-order chi connectivity index (χ0) is 10.8. The molecule has 1 aromatic rings. The fraction of sp³-hybridized carbons (Fsp3) is 0.250. The molecule has 6 heteroatoms. The van der Waals surface area contributed by atoms with E-state index >= 15 is 0 Å². The number of rotatable bonds is 3. The van der Waals surface area contributed by atoms with Crippen LogP contribution in [0.1, 0.15) is 5.56 Å². The van der Waals surface area contributed by atoms with Gasteiger partial charge in [0, 0.05) is 6.42 Å². The van der Waals surface area contributed by atoms with Crippen LogP contribution in [0.2, 0.25) is 0 Å². The summed E-state index contributed by atoms with van der Waals surface area (Å²) in [6.07, 6.45) is -2.10. The Bertz CT molecular complexity index is 399. The number of alkyl halides is 1. The molecule has 0 heterocycles. The third kappa shape index (κ3) is 3.06. The first-order valence-corrected chi connectivity index (χ1v) is 5.38. The van der Waals surface area contributed by atoms with Crippen molar-refractivity contribution in [3.05, 3.63) is 29.8 Å². The van der Waals surface area contributed by atoms with E-state index < -0.39 is 16.4 Å². The van der Waals surface area contributed by atoms with Gasteiger partial charge in [0.2, 0.25) is 10.0 Å². The quantitative estimate of drug-likeness (QED) is 0.760. The molecule has 14 heavy (non-hydrogen) atoms. The van der Waals surface area contributed by atoms with E-state index in [2.05, 4.69) is 0 Å². The summed E-state index contributed by atoms with van der Waals surface area (Å²) in [5.74, 6) is 0. The smallest absolute Gasteiger partial charge is 0.238 e. The van der Waals surface area contributed by atoms with Crippen molar-refractivity contribution >= 4 is 10.0 Å². The van der Waals surface area contributed by atoms with Crippen molar-refractivity contribution < 1.29 is 17.9 Å². The van der Waals surface area contributed by atoms with Crippen molar-refractivity contribution in [1.82, 2.24) is 0 Å². The van der Waals surface area contributed by atoms with Crippen LogP contribution in [0.15, 0.2) is 29.2 Å². The lowest BCUT2D eigenvalue weighted by Gasteiger charge is -2.02. The molecule has 1 unspecified atom stereocenters. The number of primary sulfonamides is 1. The fourth-order valence-electron chi connectivity index (χ4n) is 1.01. The van der Waals surface area contributed by atoms with E-state index in [-0.39, 0.29) is 11.3 Å². The molecule has 1 rings (SSSR count). The number of hydrogen-bond donors (Lipinski definition) is 2. The third-order valence-corrected chi connectivity index (χ3v) is 2.59. The van der Waals surface area contributed by atoms with E-state index in [9.17, 15) is 12.8 Å². The minimum atomic E-state index is -3.70. The van der Waals surface area contributed by atoms with E-state index in [1.165, 1.54) is 24.3 Å². The summed E-state index contributed by atoms with van der Waals surface area (Å²) in [7, 11) is -3.70. The number of benzene rings is 1. The van der Waals surface area contributed by atoms with Crippen molar-refractivity contribution in [2.24, 2.45) is 5.14 Å². The maximum Gasteiger partial charge on any atom is 0.238 e. The van der Waals surface area contributed by atoms with Gasteiger partial charge in [-0.15, -0.1) is 0 Å². The summed E-state index contributed by atoms with van der Waals surface area (Å²) in [5, 5.41) is 13.3. The number of sulfonamides is 1. The van der Waals surface area contributed by atoms with E-state index in [1.54, 1.807) is 0 Å². The SMILES string of the molecule is NS(=O)(=O)c1ccc(CC(O)F)cc1. The standard InChI is InChI=1S/C8H10FNO3S/c9-8(11)5-6-1-3-7(4-2-6)14(10,12)13/h1-4,8,11H,5H2,(H2,10,12,13). The molecule has 0 bridgehead atoms. The van der Waals surface area contributed by atoms with Gasteiger partial charge in [0.05, 0.1) is 4.90 Å². The van der Waals surface area contributed by atoms with E-state index in [1.807, 2.05) is 0 Å². The van der Waals surface area contributed by atoms with E-state index in [4.69, 9.17) is 10.2 Å². The van der Waals surface area contributed by atoms with Crippen molar-refractivity contribution in [3.63, 3.8) is 0 Å². The van der Waals surface area contributed by atoms with Gasteiger partial charge in [-0.3, -0.25) is 0 Å². The lowest BCUT2D eigenvalue weighted by atomic mass is 10.1.